The Bertz CT molecular complexity index is 1210. The van der Waals surface area contributed by atoms with Crippen molar-refractivity contribution in [1.82, 2.24) is 9.55 Å². The summed E-state index contributed by atoms with van der Waals surface area (Å²) in [5.41, 5.74) is 8.73. The number of carbonyl (C=O) groups excluding carboxylic acids is 1. The van der Waals surface area contributed by atoms with Gasteiger partial charge in [-0.3, -0.25) is 24.0 Å². The van der Waals surface area contributed by atoms with Gasteiger partial charge in [-0.1, -0.05) is 48.5 Å². The number of aromatic nitrogens is 2. The molecule has 8 heteroatoms. The van der Waals surface area contributed by atoms with Crippen LogP contribution in [0.15, 0.2) is 58.1 Å². The van der Waals surface area contributed by atoms with Crippen molar-refractivity contribution in [3.8, 4) is 0 Å². The Balaban J connectivity index is 2.06. The van der Waals surface area contributed by atoms with Gasteiger partial charge in [0.15, 0.2) is 5.69 Å². The third kappa shape index (κ3) is 5.15. The Hall–Kier alpha value is -3.65. The fourth-order valence-electron chi connectivity index (χ4n) is 3.48. The van der Waals surface area contributed by atoms with Crippen LogP contribution in [-0.4, -0.2) is 29.2 Å². The van der Waals surface area contributed by atoms with Gasteiger partial charge in [-0.15, -0.1) is 0 Å². The Morgan fingerprint density at radius 2 is 1.78 bits per heavy atom. The van der Waals surface area contributed by atoms with Gasteiger partial charge in [-0.25, -0.2) is 4.79 Å². The van der Waals surface area contributed by atoms with E-state index < -0.39 is 11.2 Å². The molecule has 0 fully saturated rings. The van der Waals surface area contributed by atoms with Crippen LogP contribution in [0.1, 0.15) is 22.3 Å². The van der Waals surface area contributed by atoms with Gasteiger partial charge in [0.25, 0.3) is 5.56 Å². The van der Waals surface area contributed by atoms with E-state index in [1.165, 1.54) is 16.6 Å². The molecule has 0 aliphatic carbocycles. The highest BCUT2D eigenvalue weighted by Crippen LogP contribution is 2.21. The first-order valence-corrected chi connectivity index (χ1v) is 10.3. The quantitative estimate of drug-likeness (QED) is 0.562. The Morgan fingerprint density at radius 3 is 2.44 bits per heavy atom. The lowest BCUT2D eigenvalue weighted by atomic mass is 10.0. The Labute approximate surface area is 186 Å². The second-order valence-electron chi connectivity index (χ2n) is 7.70. The van der Waals surface area contributed by atoms with Crippen LogP contribution in [0.25, 0.3) is 0 Å². The molecule has 0 aliphatic rings. The number of ether oxygens (including phenoxy) is 1. The minimum absolute atomic E-state index is 0.0432. The SMILES string of the molecule is COCCn1c(N)c(N(Cc2ccccc2)C(=O)Cc2ccc(C)c(C)c2)c(=O)[nH]c1=O. The van der Waals surface area contributed by atoms with Crippen LogP contribution < -0.4 is 21.9 Å². The molecular formula is C24H28N4O4. The number of aromatic amines is 1. The number of nitrogen functional groups attached to an aromatic ring is 1. The lowest BCUT2D eigenvalue weighted by Crippen LogP contribution is -2.41. The second-order valence-corrected chi connectivity index (χ2v) is 7.70. The lowest BCUT2D eigenvalue weighted by Gasteiger charge is -2.25. The molecule has 0 saturated heterocycles. The summed E-state index contributed by atoms with van der Waals surface area (Å²) < 4.78 is 6.25. The van der Waals surface area contributed by atoms with E-state index >= 15 is 0 Å². The summed E-state index contributed by atoms with van der Waals surface area (Å²) in [6, 6.07) is 15.1. The predicted molar refractivity (Wildman–Crippen MR) is 125 cm³/mol. The zero-order valence-electron chi connectivity index (χ0n) is 18.6. The average Bonchev–Trinajstić information content (AvgIpc) is 2.76. The first kappa shape index (κ1) is 23.0. The molecule has 1 heterocycles. The largest absolute Gasteiger partial charge is 0.383 e. The number of hydrogen-bond acceptors (Lipinski definition) is 5. The monoisotopic (exact) mass is 436 g/mol. The lowest BCUT2D eigenvalue weighted by molar-refractivity contribution is -0.118. The molecule has 3 N–H and O–H groups in total. The van der Waals surface area contributed by atoms with Crippen molar-refractivity contribution in [1.29, 1.82) is 0 Å². The second kappa shape index (κ2) is 10.1. The smallest absolute Gasteiger partial charge is 0.330 e. The van der Waals surface area contributed by atoms with Crippen molar-refractivity contribution in [2.45, 2.75) is 33.4 Å². The highest BCUT2D eigenvalue weighted by atomic mass is 16.5. The molecule has 168 valence electrons. The summed E-state index contributed by atoms with van der Waals surface area (Å²) in [5.74, 6) is -0.369. The number of anilines is 2. The summed E-state index contributed by atoms with van der Waals surface area (Å²) in [7, 11) is 1.50. The number of carbonyl (C=O) groups is 1. The molecule has 3 aromatic rings. The van der Waals surface area contributed by atoms with Crippen LogP contribution in [0, 0.1) is 13.8 Å². The van der Waals surface area contributed by atoms with E-state index in [-0.39, 0.29) is 43.5 Å². The van der Waals surface area contributed by atoms with E-state index in [9.17, 15) is 14.4 Å². The minimum Gasteiger partial charge on any atom is -0.383 e. The van der Waals surface area contributed by atoms with Gasteiger partial charge in [0.05, 0.1) is 26.1 Å². The summed E-state index contributed by atoms with van der Waals surface area (Å²) in [5, 5.41) is 0. The van der Waals surface area contributed by atoms with Gasteiger partial charge in [-0.05, 0) is 36.1 Å². The number of hydrogen-bond donors (Lipinski definition) is 2. The predicted octanol–water partition coefficient (Wildman–Crippen LogP) is 2.16. The molecule has 0 unspecified atom stereocenters. The van der Waals surface area contributed by atoms with Crippen molar-refractivity contribution < 1.29 is 9.53 Å². The number of H-pyrrole nitrogens is 1. The fourth-order valence-corrected chi connectivity index (χ4v) is 3.48. The van der Waals surface area contributed by atoms with Crippen molar-refractivity contribution in [2.75, 3.05) is 24.4 Å². The van der Waals surface area contributed by atoms with Crippen LogP contribution in [0.5, 0.6) is 0 Å². The zero-order chi connectivity index (χ0) is 23.3. The summed E-state index contributed by atoms with van der Waals surface area (Å²) in [4.78, 5) is 42.2. The Kier molecular flexibility index (Phi) is 7.27. The summed E-state index contributed by atoms with van der Waals surface area (Å²) >= 11 is 0. The van der Waals surface area contributed by atoms with Crippen LogP contribution in [-0.2, 0) is 29.0 Å². The number of nitrogens with one attached hydrogen (secondary N) is 1. The number of aryl methyl sites for hydroxylation is 2. The van der Waals surface area contributed by atoms with Crippen molar-refractivity contribution >= 4 is 17.4 Å². The van der Waals surface area contributed by atoms with Gasteiger partial charge in [-0.2, -0.15) is 0 Å². The molecule has 0 aliphatic heterocycles. The molecule has 1 amide bonds. The third-order valence-corrected chi connectivity index (χ3v) is 5.41. The molecule has 0 spiro atoms. The maximum Gasteiger partial charge on any atom is 0.330 e. The zero-order valence-corrected chi connectivity index (χ0v) is 18.6. The third-order valence-electron chi connectivity index (χ3n) is 5.41. The first-order chi connectivity index (χ1) is 15.3. The van der Waals surface area contributed by atoms with E-state index in [0.29, 0.717) is 0 Å². The number of rotatable bonds is 8. The van der Waals surface area contributed by atoms with Gasteiger partial charge in [0, 0.05) is 7.11 Å². The number of nitrogens with zero attached hydrogens (tertiary/aromatic N) is 2. The van der Waals surface area contributed by atoms with E-state index in [4.69, 9.17) is 10.5 Å². The standard InChI is InChI=1S/C24H28N4O4/c1-16-9-10-19(13-17(16)2)14-20(29)28(15-18-7-5-4-6-8-18)21-22(25)27(11-12-32-3)24(31)26-23(21)30/h4-10,13H,11-12,14-15,25H2,1-3H3,(H,26,30,31). The van der Waals surface area contributed by atoms with Gasteiger partial charge < -0.3 is 10.5 Å². The molecule has 0 atom stereocenters. The van der Waals surface area contributed by atoms with E-state index in [1.54, 1.807) is 0 Å². The molecule has 3 rings (SSSR count). The molecule has 0 saturated carbocycles. The highest BCUT2D eigenvalue weighted by Gasteiger charge is 2.25. The van der Waals surface area contributed by atoms with Crippen molar-refractivity contribution in [3.63, 3.8) is 0 Å². The average molecular weight is 437 g/mol. The molecule has 0 bridgehead atoms. The van der Waals surface area contributed by atoms with Crippen LogP contribution in [0.3, 0.4) is 0 Å². The van der Waals surface area contributed by atoms with Crippen molar-refractivity contribution in [3.05, 3.63) is 91.6 Å². The maximum absolute atomic E-state index is 13.4. The number of methoxy groups -OCH3 is 1. The number of benzene rings is 2. The fraction of sp³-hybridized carbons (Fsp3) is 0.292. The minimum atomic E-state index is -0.703. The van der Waals surface area contributed by atoms with E-state index in [1.807, 2.05) is 62.4 Å². The first-order valence-electron chi connectivity index (χ1n) is 10.3. The normalized spacial score (nSPS) is 10.8. The highest BCUT2D eigenvalue weighted by molar-refractivity contribution is 5.96. The topological polar surface area (TPSA) is 110 Å². The van der Waals surface area contributed by atoms with Crippen LogP contribution >= 0.6 is 0 Å². The van der Waals surface area contributed by atoms with Gasteiger partial charge >= 0.3 is 5.69 Å². The van der Waals surface area contributed by atoms with Crippen LogP contribution in [0.2, 0.25) is 0 Å². The molecule has 2 aromatic carbocycles. The molecule has 8 nitrogen and oxygen atoms in total. The molecular weight excluding hydrogens is 408 g/mol. The van der Waals surface area contributed by atoms with E-state index in [2.05, 4.69) is 4.98 Å². The van der Waals surface area contributed by atoms with E-state index in [0.717, 1.165) is 22.3 Å². The van der Waals surface area contributed by atoms with Crippen molar-refractivity contribution in [2.24, 2.45) is 0 Å². The number of nitrogens with two attached hydrogens (primary N) is 1. The number of amides is 1. The summed E-state index contributed by atoms with van der Waals surface area (Å²) in [6.07, 6.45) is 0.0873. The van der Waals surface area contributed by atoms with Gasteiger partial charge in [0.1, 0.15) is 5.82 Å². The maximum atomic E-state index is 13.4. The Morgan fingerprint density at radius 1 is 1.06 bits per heavy atom. The van der Waals surface area contributed by atoms with Crippen LogP contribution in [0.4, 0.5) is 11.5 Å². The molecule has 32 heavy (non-hydrogen) atoms. The molecule has 1 aromatic heterocycles. The summed E-state index contributed by atoms with van der Waals surface area (Å²) in [6.45, 7) is 4.51. The molecule has 0 radical (unpaired) electrons. The van der Waals surface area contributed by atoms with Gasteiger partial charge in [0.2, 0.25) is 5.91 Å².